The van der Waals surface area contributed by atoms with E-state index in [1.54, 1.807) is 0 Å². The summed E-state index contributed by atoms with van der Waals surface area (Å²) < 4.78 is 138. The maximum absolute atomic E-state index is 13.3. The van der Waals surface area contributed by atoms with Crippen LogP contribution in [0.5, 0.6) is 0 Å². The Hall–Kier alpha value is -0.0800. The van der Waals surface area contributed by atoms with Crippen LogP contribution in [0.25, 0.3) is 0 Å². The van der Waals surface area contributed by atoms with E-state index in [9.17, 15) is 48.3 Å². The van der Waals surface area contributed by atoms with Gasteiger partial charge in [-0.15, -0.1) is 0 Å². The first-order chi connectivity index (χ1) is 9.95. The molecule has 0 aromatic rings. The number of alkyl halides is 12. The van der Waals surface area contributed by atoms with E-state index in [4.69, 9.17) is 5.11 Å². The SMILES string of the molecule is OCCCC(I)CC(F)(F)C(F)(F)C(F)(F)C(F)(F)C(F)(F)F. The summed E-state index contributed by atoms with van der Waals surface area (Å²) in [6.07, 6.45) is -9.74. The highest BCUT2D eigenvalue weighted by Crippen LogP contribution is 2.58. The summed E-state index contributed by atoms with van der Waals surface area (Å²) in [4.78, 5) is 0. The molecule has 0 saturated heterocycles. The molecule has 0 aromatic heterocycles. The van der Waals surface area contributed by atoms with Crippen LogP contribution in [0.15, 0.2) is 0 Å². The predicted octanol–water partition coefficient (Wildman–Crippen LogP) is 5.06. The van der Waals surface area contributed by atoms with Gasteiger partial charge in [-0.1, -0.05) is 22.6 Å². The molecule has 0 bridgehead atoms. The summed E-state index contributed by atoms with van der Waals surface area (Å²) in [7, 11) is 0. The minimum atomic E-state index is -7.35. The fraction of sp³-hybridized carbons (Fsp3) is 1.00. The lowest BCUT2D eigenvalue weighted by atomic mass is 9.94. The Balaban J connectivity index is 5.58. The summed E-state index contributed by atoms with van der Waals surface area (Å²) in [6, 6.07) is 0. The average molecular weight is 482 g/mol. The maximum atomic E-state index is 13.3. The van der Waals surface area contributed by atoms with Gasteiger partial charge < -0.3 is 5.11 Å². The lowest BCUT2D eigenvalue weighted by Gasteiger charge is -2.37. The zero-order chi connectivity index (χ0) is 18.9. The van der Waals surface area contributed by atoms with Crippen LogP contribution in [0, 0.1) is 0 Å². The van der Waals surface area contributed by atoms with Gasteiger partial charge in [-0.05, 0) is 12.8 Å². The van der Waals surface area contributed by atoms with E-state index in [1.807, 2.05) is 0 Å². The lowest BCUT2D eigenvalue weighted by Crippen LogP contribution is -2.66. The van der Waals surface area contributed by atoms with Gasteiger partial charge in [-0.2, -0.15) is 48.3 Å². The molecule has 0 spiro atoms. The van der Waals surface area contributed by atoms with Crippen LogP contribution >= 0.6 is 22.6 Å². The molecule has 0 aliphatic heterocycles. The number of rotatable bonds is 8. The van der Waals surface area contributed by atoms with Crippen LogP contribution in [0.2, 0.25) is 0 Å². The zero-order valence-corrected chi connectivity index (χ0v) is 13.0. The number of hydrogen-bond donors (Lipinski definition) is 1. The van der Waals surface area contributed by atoms with Crippen molar-refractivity contribution in [2.75, 3.05) is 6.61 Å². The van der Waals surface area contributed by atoms with Crippen molar-refractivity contribution in [3.8, 4) is 0 Å². The highest BCUT2D eigenvalue weighted by molar-refractivity contribution is 14.1. The molecule has 1 unspecified atom stereocenters. The molecule has 0 rings (SSSR count). The molecular formula is C10H10F11IO. The van der Waals surface area contributed by atoms with Crippen molar-refractivity contribution >= 4 is 22.6 Å². The van der Waals surface area contributed by atoms with Gasteiger partial charge in [-0.3, -0.25) is 0 Å². The predicted molar refractivity (Wildman–Crippen MR) is 64.6 cm³/mol. The highest BCUT2D eigenvalue weighted by Gasteiger charge is 2.86. The highest BCUT2D eigenvalue weighted by atomic mass is 127. The van der Waals surface area contributed by atoms with Gasteiger partial charge in [0.15, 0.2) is 0 Å². The van der Waals surface area contributed by atoms with Crippen LogP contribution in [-0.4, -0.2) is 45.5 Å². The number of halogens is 12. The van der Waals surface area contributed by atoms with Crippen LogP contribution < -0.4 is 0 Å². The minimum Gasteiger partial charge on any atom is -0.396 e. The van der Waals surface area contributed by atoms with Crippen molar-refractivity contribution < 1.29 is 53.4 Å². The van der Waals surface area contributed by atoms with Gasteiger partial charge in [0, 0.05) is 17.0 Å². The van der Waals surface area contributed by atoms with Gasteiger partial charge in [0.25, 0.3) is 0 Å². The average Bonchev–Trinajstić information content (AvgIpc) is 2.33. The first-order valence-electron chi connectivity index (χ1n) is 5.78. The molecule has 13 heteroatoms. The fourth-order valence-corrected chi connectivity index (χ4v) is 2.42. The number of hydrogen-bond acceptors (Lipinski definition) is 1. The molecule has 1 nitrogen and oxygen atoms in total. The quantitative estimate of drug-likeness (QED) is 0.292. The van der Waals surface area contributed by atoms with E-state index in [-0.39, 0.29) is 12.8 Å². The van der Waals surface area contributed by atoms with Crippen molar-refractivity contribution in [1.82, 2.24) is 0 Å². The summed E-state index contributed by atoms with van der Waals surface area (Å²) in [6.45, 7) is -0.538. The third kappa shape index (κ3) is 4.31. The van der Waals surface area contributed by atoms with Gasteiger partial charge in [0.1, 0.15) is 0 Å². The normalized spacial score (nSPS) is 16.6. The van der Waals surface area contributed by atoms with Crippen molar-refractivity contribution in [2.24, 2.45) is 0 Å². The molecule has 1 N–H and O–H groups in total. The molecular weight excluding hydrogens is 472 g/mol. The maximum Gasteiger partial charge on any atom is 0.460 e. The third-order valence-electron chi connectivity index (χ3n) is 2.76. The largest absolute Gasteiger partial charge is 0.460 e. The number of aliphatic hydroxyl groups excluding tert-OH is 1. The van der Waals surface area contributed by atoms with Crippen LogP contribution in [0.3, 0.4) is 0 Å². The molecule has 0 saturated carbocycles. The van der Waals surface area contributed by atoms with Crippen molar-refractivity contribution in [1.29, 1.82) is 0 Å². The summed E-state index contributed by atoms with van der Waals surface area (Å²) in [5.41, 5.74) is 0. The molecule has 0 aliphatic carbocycles. The third-order valence-corrected chi connectivity index (χ3v) is 3.82. The van der Waals surface area contributed by atoms with E-state index in [2.05, 4.69) is 0 Å². The summed E-state index contributed by atoms with van der Waals surface area (Å²) >= 11 is 1.12. The molecule has 140 valence electrons. The van der Waals surface area contributed by atoms with Crippen LogP contribution in [0.4, 0.5) is 48.3 Å². The van der Waals surface area contributed by atoms with Gasteiger partial charge >= 0.3 is 29.9 Å². The summed E-state index contributed by atoms with van der Waals surface area (Å²) in [5, 5.41) is 8.42. The second-order valence-electron chi connectivity index (χ2n) is 4.59. The Morgan fingerprint density at radius 1 is 0.739 bits per heavy atom. The topological polar surface area (TPSA) is 20.2 Å². The van der Waals surface area contributed by atoms with Crippen LogP contribution in [-0.2, 0) is 0 Å². The van der Waals surface area contributed by atoms with E-state index < -0.39 is 46.8 Å². The Kier molecular flexibility index (Phi) is 7.01. The van der Waals surface area contributed by atoms with E-state index >= 15 is 0 Å². The lowest BCUT2D eigenvalue weighted by molar-refractivity contribution is -0.422. The molecule has 0 fully saturated rings. The molecule has 1 atom stereocenters. The minimum absolute atomic E-state index is 0.176. The first kappa shape index (κ1) is 22.9. The first-order valence-corrected chi connectivity index (χ1v) is 7.03. The zero-order valence-electron chi connectivity index (χ0n) is 10.9. The Morgan fingerprint density at radius 3 is 1.52 bits per heavy atom. The second kappa shape index (κ2) is 7.04. The van der Waals surface area contributed by atoms with Gasteiger partial charge in [-0.25, -0.2) is 0 Å². The Bertz CT molecular complexity index is 393. The number of aliphatic hydroxyl groups is 1. The summed E-state index contributed by atoms with van der Waals surface area (Å²) in [5.74, 6) is -27.5. The smallest absolute Gasteiger partial charge is 0.396 e. The van der Waals surface area contributed by atoms with E-state index in [1.165, 1.54) is 0 Å². The molecule has 0 aliphatic rings. The van der Waals surface area contributed by atoms with Crippen LogP contribution in [0.1, 0.15) is 19.3 Å². The second-order valence-corrected chi connectivity index (χ2v) is 6.35. The monoisotopic (exact) mass is 482 g/mol. The molecule has 0 amide bonds. The molecule has 0 radical (unpaired) electrons. The molecule has 23 heavy (non-hydrogen) atoms. The Morgan fingerprint density at radius 2 is 1.17 bits per heavy atom. The molecule has 0 heterocycles. The fourth-order valence-electron chi connectivity index (χ4n) is 1.43. The standard InChI is InChI=1S/C10H10F11IO/c11-6(12,4-5(22)2-1-3-23)7(13,14)8(15,16)9(17,18)10(19,20)21/h5,23H,1-4H2. The van der Waals surface area contributed by atoms with Gasteiger partial charge in [0.05, 0.1) is 0 Å². The Labute approximate surface area is 136 Å². The van der Waals surface area contributed by atoms with Crippen molar-refractivity contribution in [3.63, 3.8) is 0 Å². The van der Waals surface area contributed by atoms with Crippen molar-refractivity contribution in [3.05, 3.63) is 0 Å². The van der Waals surface area contributed by atoms with E-state index in [0.29, 0.717) is 0 Å². The van der Waals surface area contributed by atoms with Gasteiger partial charge in [0.2, 0.25) is 0 Å². The van der Waals surface area contributed by atoms with Crippen molar-refractivity contribution in [2.45, 2.75) is 53.1 Å². The van der Waals surface area contributed by atoms with E-state index in [0.717, 1.165) is 22.6 Å². The molecule has 0 aromatic carbocycles.